The number of aryl methyl sites for hydroxylation is 1. The Morgan fingerprint density at radius 1 is 1.33 bits per heavy atom. The number of carbonyl (C=O) groups is 1. The van der Waals surface area contributed by atoms with Gasteiger partial charge in [-0.15, -0.1) is 5.10 Å². The first-order valence-corrected chi connectivity index (χ1v) is 7.12. The number of hydrogen-bond donors (Lipinski definition) is 0. The molecule has 1 aromatic carbocycles. The molecule has 0 amide bonds. The van der Waals surface area contributed by atoms with Crippen molar-refractivity contribution in [3.05, 3.63) is 22.6 Å². The maximum atomic E-state index is 12.4. The van der Waals surface area contributed by atoms with Gasteiger partial charge in [0.05, 0.1) is 12.1 Å². The third-order valence-corrected chi connectivity index (χ3v) is 3.59. The maximum Gasteiger partial charge on any atom is 0.516 e. The highest BCUT2D eigenvalue weighted by atomic mass is 16.7. The van der Waals surface area contributed by atoms with E-state index in [9.17, 15) is 9.59 Å². The molecule has 0 saturated heterocycles. The fourth-order valence-corrected chi connectivity index (χ4v) is 2.50. The van der Waals surface area contributed by atoms with Gasteiger partial charge in [-0.3, -0.25) is 4.57 Å². The Morgan fingerprint density at radius 2 is 2.08 bits per heavy atom. The predicted octanol–water partition coefficient (Wildman–Crippen LogP) is 0.845. The molecule has 0 saturated carbocycles. The van der Waals surface area contributed by atoms with Crippen molar-refractivity contribution in [2.24, 2.45) is 7.05 Å². The van der Waals surface area contributed by atoms with Gasteiger partial charge in [0.2, 0.25) is 6.79 Å². The van der Waals surface area contributed by atoms with Gasteiger partial charge in [-0.25, -0.2) is 9.59 Å². The summed E-state index contributed by atoms with van der Waals surface area (Å²) < 4.78 is 22.7. The number of ether oxygens (including phenoxy) is 4. The van der Waals surface area contributed by atoms with Crippen molar-refractivity contribution < 1.29 is 23.7 Å². The molecule has 24 heavy (non-hydrogen) atoms. The second-order valence-corrected chi connectivity index (χ2v) is 4.98. The fourth-order valence-electron chi connectivity index (χ4n) is 2.50. The summed E-state index contributed by atoms with van der Waals surface area (Å²) in [6.07, 6.45) is -0.938. The number of hydrogen-bond acceptors (Lipinski definition) is 8. The van der Waals surface area contributed by atoms with Crippen LogP contribution in [0.15, 0.2) is 16.9 Å². The van der Waals surface area contributed by atoms with Crippen LogP contribution in [0.3, 0.4) is 0 Å². The number of rotatable bonds is 2. The van der Waals surface area contributed by atoms with Crippen LogP contribution in [0.25, 0.3) is 16.6 Å². The average Bonchev–Trinajstić information content (AvgIpc) is 3.17. The lowest BCUT2D eigenvalue weighted by atomic mass is 10.2. The molecule has 0 spiro atoms. The first kappa shape index (κ1) is 14.3. The van der Waals surface area contributed by atoms with Crippen molar-refractivity contribution in [3.8, 4) is 17.5 Å². The molecular formula is C14H12N4O6. The highest BCUT2D eigenvalue weighted by molar-refractivity contribution is 5.94. The number of nitrogens with zero attached hydrogens (tertiary/aromatic N) is 4. The van der Waals surface area contributed by atoms with E-state index in [1.54, 1.807) is 26.1 Å². The van der Waals surface area contributed by atoms with Gasteiger partial charge >= 0.3 is 17.9 Å². The minimum atomic E-state index is -0.938. The summed E-state index contributed by atoms with van der Waals surface area (Å²) in [6, 6.07) is 3.13. The maximum absolute atomic E-state index is 12.4. The van der Waals surface area contributed by atoms with Gasteiger partial charge in [0, 0.05) is 18.5 Å². The molecular weight excluding hydrogens is 320 g/mol. The van der Waals surface area contributed by atoms with Crippen molar-refractivity contribution in [1.82, 2.24) is 19.2 Å². The third-order valence-electron chi connectivity index (χ3n) is 3.59. The average molecular weight is 332 g/mol. The van der Waals surface area contributed by atoms with Crippen molar-refractivity contribution >= 4 is 22.7 Å². The lowest BCUT2D eigenvalue weighted by molar-refractivity contribution is 0.101. The molecule has 10 nitrogen and oxygen atoms in total. The second-order valence-electron chi connectivity index (χ2n) is 4.98. The summed E-state index contributed by atoms with van der Waals surface area (Å²) >= 11 is 0. The van der Waals surface area contributed by atoms with Gasteiger partial charge < -0.3 is 18.9 Å². The number of benzene rings is 1. The summed E-state index contributed by atoms with van der Waals surface area (Å²) in [7, 11) is 1.60. The largest absolute Gasteiger partial charge is 0.516 e. The van der Waals surface area contributed by atoms with Crippen LogP contribution >= 0.6 is 0 Å². The molecule has 0 aliphatic carbocycles. The molecule has 0 N–H and O–H groups in total. The van der Waals surface area contributed by atoms with E-state index in [2.05, 4.69) is 14.8 Å². The van der Waals surface area contributed by atoms with E-state index in [1.165, 1.54) is 4.57 Å². The van der Waals surface area contributed by atoms with E-state index in [0.29, 0.717) is 22.4 Å². The molecule has 4 rings (SSSR count). The van der Waals surface area contributed by atoms with Crippen LogP contribution in [0.2, 0.25) is 0 Å². The first-order chi connectivity index (χ1) is 11.6. The summed E-state index contributed by atoms with van der Waals surface area (Å²) in [5, 5.41) is 4.52. The van der Waals surface area contributed by atoms with Crippen molar-refractivity contribution in [1.29, 1.82) is 0 Å². The number of fused-ring (bicyclic) bond motifs is 4. The normalized spacial score (nSPS) is 12.8. The minimum absolute atomic E-state index is 0.111. The van der Waals surface area contributed by atoms with Crippen LogP contribution in [0, 0.1) is 0 Å². The van der Waals surface area contributed by atoms with Gasteiger partial charge in [-0.2, -0.15) is 9.50 Å². The van der Waals surface area contributed by atoms with Gasteiger partial charge in [-0.05, 0) is 13.0 Å². The third kappa shape index (κ3) is 2.03. The molecule has 0 bridgehead atoms. The van der Waals surface area contributed by atoms with Gasteiger partial charge in [0.25, 0.3) is 0 Å². The SMILES string of the molecule is CCOC(=O)Oc1nc2c3cc4c(cc3n(C)c(=O)n2n1)OCO4. The Morgan fingerprint density at radius 3 is 2.83 bits per heavy atom. The minimum Gasteiger partial charge on any atom is -0.454 e. The van der Waals surface area contributed by atoms with E-state index in [4.69, 9.17) is 14.2 Å². The summed E-state index contributed by atoms with van der Waals surface area (Å²) in [5.41, 5.74) is 0.389. The Hall–Kier alpha value is -3.30. The highest BCUT2D eigenvalue weighted by Crippen LogP contribution is 2.36. The lowest BCUT2D eigenvalue weighted by Crippen LogP contribution is -2.25. The van der Waals surface area contributed by atoms with Crippen molar-refractivity contribution in [2.45, 2.75) is 6.92 Å². The molecule has 0 radical (unpaired) electrons. The monoisotopic (exact) mass is 332 g/mol. The molecule has 10 heteroatoms. The molecule has 0 atom stereocenters. The molecule has 124 valence electrons. The van der Waals surface area contributed by atoms with Gasteiger partial charge in [0.1, 0.15) is 0 Å². The Bertz CT molecular complexity index is 1040. The molecule has 3 aromatic rings. The summed E-state index contributed by atoms with van der Waals surface area (Å²) in [6.45, 7) is 1.91. The predicted molar refractivity (Wildman–Crippen MR) is 79.5 cm³/mol. The molecule has 2 aromatic heterocycles. The first-order valence-electron chi connectivity index (χ1n) is 7.12. The Kier molecular flexibility index (Phi) is 3.05. The van der Waals surface area contributed by atoms with Crippen LogP contribution in [-0.4, -0.2) is 38.7 Å². The molecule has 3 heterocycles. The number of carbonyl (C=O) groups excluding carboxylic acids is 1. The zero-order chi connectivity index (χ0) is 16.8. The zero-order valence-electron chi connectivity index (χ0n) is 12.8. The Labute approximate surface area is 134 Å². The van der Waals surface area contributed by atoms with Crippen LogP contribution in [0.4, 0.5) is 4.79 Å². The second kappa shape index (κ2) is 5.11. The van der Waals surface area contributed by atoms with E-state index in [0.717, 1.165) is 4.52 Å². The topological polar surface area (TPSA) is 106 Å². The van der Waals surface area contributed by atoms with Crippen molar-refractivity contribution in [2.75, 3.05) is 13.4 Å². The quantitative estimate of drug-likeness (QED) is 0.636. The molecule has 0 fully saturated rings. The highest BCUT2D eigenvalue weighted by Gasteiger charge is 2.21. The van der Waals surface area contributed by atoms with Crippen molar-refractivity contribution in [3.63, 3.8) is 0 Å². The molecule has 0 unspecified atom stereocenters. The van der Waals surface area contributed by atoms with Gasteiger partial charge in [-0.1, -0.05) is 0 Å². The lowest BCUT2D eigenvalue weighted by Gasteiger charge is -2.06. The van der Waals surface area contributed by atoms with Crippen LogP contribution < -0.4 is 19.9 Å². The smallest absolute Gasteiger partial charge is 0.454 e. The summed E-state index contributed by atoms with van der Waals surface area (Å²) in [4.78, 5) is 28.0. The van der Waals surface area contributed by atoms with Crippen LogP contribution in [0.5, 0.6) is 17.5 Å². The summed E-state index contributed by atoms with van der Waals surface area (Å²) in [5.74, 6) is 1.09. The van der Waals surface area contributed by atoms with Crippen LogP contribution in [0.1, 0.15) is 6.92 Å². The molecule has 1 aliphatic heterocycles. The van der Waals surface area contributed by atoms with E-state index < -0.39 is 11.8 Å². The fraction of sp³-hybridized carbons (Fsp3) is 0.286. The molecule has 1 aliphatic rings. The standard InChI is InChI=1S/C14H12N4O6/c1-3-21-14(20)24-12-15-11-7-4-9-10(23-6-22-9)5-8(7)17(2)13(19)18(11)16-12/h4-5H,3,6H2,1-2H3. The van der Waals surface area contributed by atoms with E-state index >= 15 is 0 Å². The number of aromatic nitrogens is 4. The van der Waals surface area contributed by atoms with E-state index in [-0.39, 0.29) is 25.1 Å². The zero-order valence-corrected chi connectivity index (χ0v) is 12.8. The van der Waals surface area contributed by atoms with Crippen LogP contribution in [-0.2, 0) is 11.8 Å². The Balaban J connectivity index is 1.94. The van der Waals surface area contributed by atoms with Gasteiger partial charge in [0.15, 0.2) is 17.1 Å². The van der Waals surface area contributed by atoms with E-state index in [1.807, 2.05) is 0 Å².